The van der Waals surface area contributed by atoms with Gasteiger partial charge in [-0.2, -0.15) is 13.2 Å². The Hall–Kier alpha value is -2.83. The topological polar surface area (TPSA) is 40.6 Å². The molecule has 2 amide bonds. The average molecular weight is 376 g/mol. The van der Waals surface area contributed by atoms with Crippen molar-refractivity contribution < 1.29 is 22.8 Å². The molecule has 0 N–H and O–H groups in total. The summed E-state index contributed by atoms with van der Waals surface area (Å²) in [5.41, 5.74) is 0.704. The summed E-state index contributed by atoms with van der Waals surface area (Å²) >= 11 is 0. The maximum atomic E-state index is 12.9. The predicted octanol–water partition coefficient (Wildman–Crippen LogP) is 3.89. The van der Waals surface area contributed by atoms with E-state index < -0.39 is 23.7 Å². The molecule has 1 heterocycles. The summed E-state index contributed by atoms with van der Waals surface area (Å²) in [7, 11) is 0. The highest BCUT2D eigenvalue weighted by molar-refractivity contribution is 6.03. The van der Waals surface area contributed by atoms with Crippen molar-refractivity contribution in [3.8, 4) is 0 Å². The van der Waals surface area contributed by atoms with Crippen molar-refractivity contribution in [2.75, 3.05) is 18.0 Å². The Balaban J connectivity index is 1.83. The van der Waals surface area contributed by atoms with Gasteiger partial charge in [-0.1, -0.05) is 24.3 Å². The number of hydrogen-bond acceptors (Lipinski definition) is 2. The monoisotopic (exact) mass is 376 g/mol. The van der Waals surface area contributed by atoms with Crippen molar-refractivity contribution in [1.82, 2.24) is 4.90 Å². The lowest BCUT2D eigenvalue weighted by Gasteiger charge is -2.39. The number of hydrogen-bond donors (Lipinski definition) is 0. The van der Waals surface area contributed by atoms with E-state index in [0.717, 1.165) is 17.7 Å². The smallest absolute Gasteiger partial charge is 0.325 e. The van der Waals surface area contributed by atoms with Gasteiger partial charge in [-0.3, -0.25) is 9.59 Å². The number of aryl methyl sites for hydroxylation is 1. The molecule has 1 aliphatic rings. The first-order valence-electron chi connectivity index (χ1n) is 8.55. The molecule has 142 valence electrons. The van der Waals surface area contributed by atoms with Gasteiger partial charge >= 0.3 is 6.18 Å². The van der Waals surface area contributed by atoms with Crippen LogP contribution >= 0.6 is 0 Å². The molecule has 0 spiro atoms. The van der Waals surface area contributed by atoms with Gasteiger partial charge in [0.25, 0.3) is 5.91 Å². The standard InChI is InChI=1S/C20H19F3N2O2/c1-13-6-3-4-9-17(13)19(27)24-10-11-25(18(26)14(24)2)16-8-5-7-15(12-16)20(21,22)23/h3-9,12,14H,10-11H2,1-2H3/t14-/m1/s1. The molecule has 0 aromatic heterocycles. The Kier molecular flexibility index (Phi) is 4.95. The van der Waals surface area contributed by atoms with Gasteiger partial charge in [-0.15, -0.1) is 0 Å². The third kappa shape index (κ3) is 3.67. The predicted molar refractivity (Wildman–Crippen MR) is 95.5 cm³/mol. The molecule has 1 aliphatic heterocycles. The van der Waals surface area contributed by atoms with Gasteiger partial charge in [0.2, 0.25) is 5.91 Å². The van der Waals surface area contributed by atoms with Gasteiger partial charge in [-0.25, -0.2) is 0 Å². The number of nitrogens with zero attached hydrogens (tertiary/aromatic N) is 2. The molecular formula is C20H19F3N2O2. The molecule has 0 unspecified atom stereocenters. The van der Waals surface area contributed by atoms with E-state index in [0.29, 0.717) is 5.56 Å². The second-order valence-corrected chi connectivity index (χ2v) is 6.53. The zero-order chi connectivity index (χ0) is 19.8. The second kappa shape index (κ2) is 7.06. The second-order valence-electron chi connectivity index (χ2n) is 6.53. The summed E-state index contributed by atoms with van der Waals surface area (Å²) in [4.78, 5) is 28.4. The number of benzene rings is 2. The van der Waals surface area contributed by atoms with Gasteiger partial charge in [0.1, 0.15) is 6.04 Å². The lowest BCUT2D eigenvalue weighted by Crippen LogP contribution is -2.57. The molecule has 27 heavy (non-hydrogen) atoms. The molecule has 3 rings (SSSR count). The van der Waals surface area contributed by atoms with E-state index in [2.05, 4.69) is 0 Å². The number of alkyl halides is 3. The first kappa shape index (κ1) is 18.9. The number of rotatable bonds is 2. The quantitative estimate of drug-likeness (QED) is 0.798. The normalized spacial score (nSPS) is 18.0. The van der Waals surface area contributed by atoms with Gasteiger partial charge in [0.15, 0.2) is 0 Å². The van der Waals surface area contributed by atoms with Crippen LogP contribution in [0, 0.1) is 6.92 Å². The number of amides is 2. The highest BCUT2D eigenvalue weighted by Crippen LogP contribution is 2.32. The lowest BCUT2D eigenvalue weighted by atomic mass is 10.0. The number of halogens is 3. The third-order valence-corrected chi connectivity index (χ3v) is 4.78. The molecule has 0 saturated carbocycles. The van der Waals surface area contributed by atoms with Gasteiger partial charge in [0.05, 0.1) is 5.56 Å². The molecule has 0 radical (unpaired) electrons. The fraction of sp³-hybridized carbons (Fsp3) is 0.300. The number of carbonyl (C=O) groups excluding carboxylic acids is 2. The van der Waals surface area contributed by atoms with E-state index in [1.807, 2.05) is 19.1 Å². The number of carbonyl (C=O) groups is 2. The molecule has 2 aromatic rings. The summed E-state index contributed by atoms with van der Waals surface area (Å²) in [5, 5.41) is 0. The van der Waals surface area contributed by atoms with Crippen LogP contribution in [0.1, 0.15) is 28.4 Å². The van der Waals surface area contributed by atoms with E-state index in [1.54, 1.807) is 19.1 Å². The van der Waals surface area contributed by atoms with Crippen LogP contribution in [0.3, 0.4) is 0 Å². The van der Waals surface area contributed by atoms with Gasteiger partial charge in [-0.05, 0) is 43.7 Å². The van der Waals surface area contributed by atoms with E-state index in [-0.39, 0.29) is 24.7 Å². The van der Waals surface area contributed by atoms with Crippen molar-refractivity contribution in [2.24, 2.45) is 0 Å². The summed E-state index contributed by atoms with van der Waals surface area (Å²) in [6.45, 7) is 3.80. The molecule has 2 aromatic carbocycles. The summed E-state index contributed by atoms with van der Waals surface area (Å²) in [6, 6.07) is 11.0. The van der Waals surface area contributed by atoms with E-state index in [9.17, 15) is 22.8 Å². The highest BCUT2D eigenvalue weighted by Gasteiger charge is 2.37. The van der Waals surface area contributed by atoms with Gasteiger partial charge in [0, 0.05) is 24.3 Å². The van der Waals surface area contributed by atoms with Crippen molar-refractivity contribution in [2.45, 2.75) is 26.1 Å². The third-order valence-electron chi connectivity index (χ3n) is 4.78. The minimum absolute atomic E-state index is 0.141. The fourth-order valence-electron chi connectivity index (χ4n) is 3.22. The summed E-state index contributed by atoms with van der Waals surface area (Å²) in [5.74, 6) is -0.653. The van der Waals surface area contributed by atoms with Crippen LogP contribution in [0.2, 0.25) is 0 Å². The first-order valence-corrected chi connectivity index (χ1v) is 8.55. The molecule has 1 saturated heterocycles. The Bertz CT molecular complexity index is 880. The van der Waals surface area contributed by atoms with Crippen LogP contribution in [0.25, 0.3) is 0 Å². The minimum atomic E-state index is -4.48. The van der Waals surface area contributed by atoms with Crippen LogP contribution in [0.15, 0.2) is 48.5 Å². The SMILES string of the molecule is Cc1ccccc1C(=O)N1CCN(c2cccc(C(F)(F)F)c2)C(=O)[C@H]1C. The minimum Gasteiger partial charge on any atom is -0.325 e. The Morgan fingerprint density at radius 3 is 2.44 bits per heavy atom. The zero-order valence-electron chi connectivity index (χ0n) is 15.0. The number of piperazine rings is 1. The maximum absolute atomic E-state index is 12.9. The van der Waals surface area contributed by atoms with Crippen LogP contribution in [-0.4, -0.2) is 35.8 Å². The zero-order valence-corrected chi connectivity index (χ0v) is 15.0. The first-order chi connectivity index (χ1) is 12.7. The van der Waals surface area contributed by atoms with E-state index in [1.165, 1.54) is 21.9 Å². The van der Waals surface area contributed by atoms with E-state index >= 15 is 0 Å². The van der Waals surface area contributed by atoms with Crippen LogP contribution in [0.4, 0.5) is 18.9 Å². The van der Waals surface area contributed by atoms with Gasteiger partial charge < -0.3 is 9.80 Å². The van der Waals surface area contributed by atoms with Crippen molar-refractivity contribution in [3.63, 3.8) is 0 Å². The Labute approximate surface area is 155 Å². The molecule has 4 nitrogen and oxygen atoms in total. The molecule has 1 atom stereocenters. The van der Waals surface area contributed by atoms with E-state index in [4.69, 9.17) is 0 Å². The maximum Gasteiger partial charge on any atom is 0.416 e. The molecule has 0 aliphatic carbocycles. The summed E-state index contributed by atoms with van der Waals surface area (Å²) < 4.78 is 38.8. The highest BCUT2D eigenvalue weighted by atomic mass is 19.4. The summed E-state index contributed by atoms with van der Waals surface area (Å²) in [6.07, 6.45) is -4.48. The fourth-order valence-corrected chi connectivity index (χ4v) is 3.22. The number of anilines is 1. The molecule has 7 heteroatoms. The molecule has 1 fully saturated rings. The average Bonchev–Trinajstić information content (AvgIpc) is 2.63. The van der Waals surface area contributed by atoms with Crippen LogP contribution < -0.4 is 4.90 Å². The van der Waals surface area contributed by atoms with Crippen molar-refractivity contribution >= 4 is 17.5 Å². The molecular weight excluding hydrogens is 357 g/mol. The molecule has 0 bridgehead atoms. The van der Waals surface area contributed by atoms with Crippen LogP contribution in [0.5, 0.6) is 0 Å². The Morgan fingerprint density at radius 1 is 1.07 bits per heavy atom. The van der Waals surface area contributed by atoms with Crippen molar-refractivity contribution in [3.05, 3.63) is 65.2 Å². The Morgan fingerprint density at radius 2 is 1.78 bits per heavy atom. The largest absolute Gasteiger partial charge is 0.416 e. The lowest BCUT2D eigenvalue weighted by molar-refractivity contribution is -0.137. The van der Waals surface area contributed by atoms with Crippen molar-refractivity contribution in [1.29, 1.82) is 0 Å². The van der Waals surface area contributed by atoms with Crippen LogP contribution in [-0.2, 0) is 11.0 Å².